The Labute approximate surface area is 134 Å². The van der Waals surface area contributed by atoms with Gasteiger partial charge in [-0.3, -0.25) is 0 Å². The predicted octanol–water partition coefficient (Wildman–Crippen LogP) is 6.56. The minimum atomic E-state index is 1.37. The smallest absolute Gasteiger partial charge is 0.00187 e. The van der Waals surface area contributed by atoms with E-state index in [1.807, 2.05) is 0 Å². The fourth-order valence-corrected chi connectivity index (χ4v) is 3.54. The largest absolute Gasteiger partial charge is 0.303 e. The van der Waals surface area contributed by atoms with E-state index in [0.29, 0.717) is 0 Å². The summed E-state index contributed by atoms with van der Waals surface area (Å²) >= 11 is 0. The molecule has 0 aromatic carbocycles. The monoisotopic (exact) mass is 295 g/mol. The van der Waals surface area contributed by atoms with Gasteiger partial charge in [-0.1, -0.05) is 90.4 Å². The Kier molecular flexibility index (Phi) is 13.5. The van der Waals surface area contributed by atoms with Crippen molar-refractivity contribution in [3.8, 4) is 0 Å². The third-order valence-electron chi connectivity index (χ3n) is 5.03. The lowest BCUT2D eigenvalue weighted by molar-refractivity contribution is 0.252. The van der Waals surface area contributed by atoms with Gasteiger partial charge in [0.2, 0.25) is 0 Å². The fraction of sp³-hybridized carbons (Fsp3) is 1.00. The van der Waals surface area contributed by atoms with Gasteiger partial charge in [0.05, 0.1) is 0 Å². The van der Waals surface area contributed by atoms with Crippen molar-refractivity contribution in [2.24, 2.45) is 0 Å². The SMILES string of the molecule is CCCCCCCCCN1CCCCCCCCCCC1. The topological polar surface area (TPSA) is 3.24 Å². The van der Waals surface area contributed by atoms with E-state index < -0.39 is 0 Å². The highest BCUT2D eigenvalue weighted by Gasteiger charge is 2.05. The van der Waals surface area contributed by atoms with Gasteiger partial charge in [-0.2, -0.15) is 0 Å². The Morgan fingerprint density at radius 2 is 0.952 bits per heavy atom. The number of unbranched alkanes of at least 4 members (excludes halogenated alkanes) is 6. The molecule has 1 fully saturated rings. The Morgan fingerprint density at radius 1 is 0.524 bits per heavy atom. The van der Waals surface area contributed by atoms with Crippen molar-refractivity contribution in [3.05, 3.63) is 0 Å². The van der Waals surface area contributed by atoms with Gasteiger partial charge < -0.3 is 4.90 Å². The third-order valence-corrected chi connectivity index (χ3v) is 5.03. The van der Waals surface area contributed by atoms with Crippen LogP contribution in [0.4, 0.5) is 0 Å². The standard InChI is InChI=1S/C20H41N/c1-2-3-4-5-9-12-15-18-21-19-16-13-10-7-6-8-11-14-17-20-21/h2-20H2,1H3. The molecule has 21 heavy (non-hydrogen) atoms. The fourth-order valence-electron chi connectivity index (χ4n) is 3.54. The number of hydrogen-bond acceptors (Lipinski definition) is 1. The molecule has 0 aliphatic carbocycles. The van der Waals surface area contributed by atoms with Crippen molar-refractivity contribution in [2.75, 3.05) is 19.6 Å². The van der Waals surface area contributed by atoms with Crippen molar-refractivity contribution in [1.82, 2.24) is 4.90 Å². The van der Waals surface area contributed by atoms with Crippen LogP contribution in [0.25, 0.3) is 0 Å². The number of hydrogen-bond donors (Lipinski definition) is 0. The normalized spacial score (nSPS) is 19.9. The van der Waals surface area contributed by atoms with Gasteiger partial charge in [-0.25, -0.2) is 0 Å². The minimum absolute atomic E-state index is 1.37. The molecule has 1 aliphatic heterocycles. The maximum absolute atomic E-state index is 2.77. The Bertz CT molecular complexity index is 190. The van der Waals surface area contributed by atoms with Gasteiger partial charge in [0.1, 0.15) is 0 Å². The molecule has 0 N–H and O–H groups in total. The van der Waals surface area contributed by atoms with Crippen LogP contribution in [0.1, 0.15) is 110 Å². The van der Waals surface area contributed by atoms with E-state index in [0.717, 1.165) is 0 Å². The molecule has 1 rings (SSSR count). The minimum Gasteiger partial charge on any atom is -0.303 e. The van der Waals surface area contributed by atoms with Crippen LogP contribution in [-0.4, -0.2) is 24.5 Å². The van der Waals surface area contributed by atoms with Crippen molar-refractivity contribution < 1.29 is 0 Å². The lowest BCUT2D eigenvalue weighted by atomic mass is 10.1. The molecule has 0 unspecified atom stereocenters. The van der Waals surface area contributed by atoms with E-state index in [4.69, 9.17) is 0 Å². The van der Waals surface area contributed by atoms with Crippen molar-refractivity contribution in [2.45, 2.75) is 110 Å². The summed E-state index contributed by atoms with van der Waals surface area (Å²) in [4.78, 5) is 2.77. The molecule has 1 nitrogen and oxygen atoms in total. The summed E-state index contributed by atoms with van der Waals surface area (Å²) in [5, 5.41) is 0. The summed E-state index contributed by atoms with van der Waals surface area (Å²) in [6.07, 6.45) is 23.3. The van der Waals surface area contributed by atoms with E-state index in [1.54, 1.807) is 0 Å². The Balaban J connectivity index is 2.05. The molecule has 1 heterocycles. The van der Waals surface area contributed by atoms with Gasteiger partial charge >= 0.3 is 0 Å². The van der Waals surface area contributed by atoms with Gasteiger partial charge in [0.15, 0.2) is 0 Å². The van der Waals surface area contributed by atoms with Crippen molar-refractivity contribution >= 4 is 0 Å². The molecule has 0 spiro atoms. The molecule has 0 amide bonds. The van der Waals surface area contributed by atoms with Crippen LogP contribution in [-0.2, 0) is 0 Å². The molecule has 0 bridgehead atoms. The molecule has 126 valence electrons. The first kappa shape index (κ1) is 19.0. The van der Waals surface area contributed by atoms with Crippen LogP contribution in [0, 0.1) is 0 Å². The van der Waals surface area contributed by atoms with Gasteiger partial charge in [-0.05, 0) is 38.9 Å². The predicted molar refractivity (Wildman–Crippen MR) is 96.0 cm³/mol. The molecule has 0 atom stereocenters. The third kappa shape index (κ3) is 12.2. The molecule has 1 aliphatic rings. The Morgan fingerprint density at radius 3 is 1.48 bits per heavy atom. The van der Waals surface area contributed by atoms with E-state index in [1.165, 1.54) is 122 Å². The lowest BCUT2D eigenvalue weighted by Crippen LogP contribution is -2.27. The zero-order chi connectivity index (χ0) is 15.0. The van der Waals surface area contributed by atoms with Crippen LogP contribution in [0.2, 0.25) is 0 Å². The first-order valence-electron chi connectivity index (χ1n) is 10.2. The van der Waals surface area contributed by atoms with E-state index in [2.05, 4.69) is 11.8 Å². The summed E-state index contributed by atoms with van der Waals surface area (Å²) in [5.74, 6) is 0. The summed E-state index contributed by atoms with van der Waals surface area (Å²) in [5.41, 5.74) is 0. The van der Waals surface area contributed by atoms with Crippen LogP contribution < -0.4 is 0 Å². The van der Waals surface area contributed by atoms with Crippen LogP contribution in [0.15, 0.2) is 0 Å². The number of rotatable bonds is 8. The summed E-state index contributed by atoms with van der Waals surface area (Å²) in [6.45, 7) is 6.41. The summed E-state index contributed by atoms with van der Waals surface area (Å²) < 4.78 is 0. The Hall–Kier alpha value is -0.0400. The summed E-state index contributed by atoms with van der Waals surface area (Å²) in [6, 6.07) is 0. The highest BCUT2D eigenvalue weighted by Crippen LogP contribution is 2.13. The zero-order valence-corrected chi connectivity index (χ0v) is 14.9. The van der Waals surface area contributed by atoms with Crippen molar-refractivity contribution in [1.29, 1.82) is 0 Å². The van der Waals surface area contributed by atoms with Crippen molar-refractivity contribution in [3.63, 3.8) is 0 Å². The molecule has 0 radical (unpaired) electrons. The van der Waals surface area contributed by atoms with Crippen LogP contribution >= 0.6 is 0 Å². The first-order valence-corrected chi connectivity index (χ1v) is 10.2. The maximum atomic E-state index is 2.77. The van der Waals surface area contributed by atoms with Gasteiger partial charge in [0, 0.05) is 0 Å². The highest BCUT2D eigenvalue weighted by atomic mass is 15.1. The summed E-state index contributed by atoms with van der Waals surface area (Å²) in [7, 11) is 0. The average molecular weight is 296 g/mol. The second-order valence-electron chi connectivity index (χ2n) is 7.14. The van der Waals surface area contributed by atoms with E-state index in [9.17, 15) is 0 Å². The molecule has 0 saturated carbocycles. The average Bonchev–Trinajstić information content (AvgIpc) is 2.48. The van der Waals surface area contributed by atoms with Gasteiger partial charge in [0.25, 0.3) is 0 Å². The zero-order valence-electron chi connectivity index (χ0n) is 14.9. The van der Waals surface area contributed by atoms with E-state index in [-0.39, 0.29) is 0 Å². The van der Waals surface area contributed by atoms with E-state index >= 15 is 0 Å². The molecular weight excluding hydrogens is 254 g/mol. The molecule has 0 aromatic rings. The molecule has 1 heteroatoms. The van der Waals surface area contributed by atoms with Crippen LogP contribution in [0.3, 0.4) is 0 Å². The van der Waals surface area contributed by atoms with Gasteiger partial charge in [-0.15, -0.1) is 0 Å². The van der Waals surface area contributed by atoms with Crippen LogP contribution in [0.5, 0.6) is 0 Å². The number of nitrogens with zero attached hydrogens (tertiary/aromatic N) is 1. The highest BCUT2D eigenvalue weighted by molar-refractivity contribution is 4.61. The molecule has 1 saturated heterocycles. The maximum Gasteiger partial charge on any atom is -0.00187 e. The second-order valence-corrected chi connectivity index (χ2v) is 7.14. The first-order chi connectivity index (χ1) is 10.4. The lowest BCUT2D eigenvalue weighted by Gasteiger charge is -2.23. The quantitative estimate of drug-likeness (QED) is 0.458. The molecule has 0 aromatic heterocycles. The molecular formula is C20H41N. The second kappa shape index (κ2) is 14.9.